The van der Waals surface area contributed by atoms with Crippen LogP contribution in [0, 0.1) is 0 Å². The lowest BCUT2D eigenvalue weighted by molar-refractivity contribution is 0.103. The van der Waals surface area contributed by atoms with Gasteiger partial charge in [-0.2, -0.15) is 0 Å². The molecule has 0 saturated carbocycles. The van der Waals surface area contributed by atoms with E-state index in [1.165, 1.54) is 0 Å². The zero-order valence-corrected chi connectivity index (χ0v) is 16.6. The van der Waals surface area contributed by atoms with E-state index >= 15 is 0 Å². The highest BCUT2D eigenvalue weighted by Crippen LogP contribution is 2.36. The molecule has 6 heteroatoms. The average Bonchev–Trinajstić information content (AvgIpc) is 2.66. The van der Waals surface area contributed by atoms with Gasteiger partial charge < -0.3 is 10.5 Å². The lowest BCUT2D eigenvalue weighted by Gasteiger charge is -2.24. The summed E-state index contributed by atoms with van der Waals surface area (Å²) in [6.45, 7) is 2.60. The minimum Gasteiger partial charge on any atom is -0.493 e. The average molecular weight is 405 g/mol. The number of fused-ring (bicyclic) bond motifs is 2. The first-order valence-electron chi connectivity index (χ1n) is 8.58. The van der Waals surface area contributed by atoms with E-state index in [9.17, 15) is 4.79 Å². The number of pyridine rings is 1. The maximum Gasteiger partial charge on any atom is 0.197 e. The summed E-state index contributed by atoms with van der Waals surface area (Å²) in [5.74, 6) is 0.684. The second kappa shape index (κ2) is 8.70. The monoisotopic (exact) mass is 404 g/mol. The number of ether oxygens (including phenoxy) is 1. The highest BCUT2D eigenvalue weighted by Gasteiger charge is 2.24. The largest absolute Gasteiger partial charge is 0.493 e. The van der Waals surface area contributed by atoms with Gasteiger partial charge in [-0.3, -0.25) is 9.78 Å². The Morgan fingerprint density at radius 2 is 1.96 bits per heavy atom. The normalized spacial score (nSPS) is 13.6. The number of nitrogens with two attached hydrogens (primary N) is 1. The summed E-state index contributed by atoms with van der Waals surface area (Å²) in [4.78, 5) is 17.4. The highest BCUT2D eigenvalue weighted by molar-refractivity contribution is 6.17. The van der Waals surface area contributed by atoms with E-state index in [1.54, 1.807) is 12.4 Å². The summed E-state index contributed by atoms with van der Waals surface area (Å²) in [6, 6.07) is 11.3. The molecular formula is C21H22Cl2N2O2. The number of benzene rings is 2. The first-order chi connectivity index (χ1) is 12.2. The van der Waals surface area contributed by atoms with Crippen LogP contribution in [0.5, 0.6) is 5.75 Å². The molecule has 2 heterocycles. The predicted octanol–water partition coefficient (Wildman–Crippen LogP) is 4.65. The number of nitrogens with zero attached hydrogens (tertiary/aromatic N) is 1. The number of carbonyl (C=O) groups excluding carboxylic acids is 1. The fraction of sp³-hybridized carbons (Fsp3) is 0.238. The van der Waals surface area contributed by atoms with Gasteiger partial charge in [0.1, 0.15) is 5.75 Å². The molecule has 1 aliphatic heterocycles. The molecule has 4 nitrogen and oxygen atoms in total. The molecule has 1 aliphatic rings. The van der Waals surface area contributed by atoms with Crippen LogP contribution in [0.15, 0.2) is 48.8 Å². The van der Waals surface area contributed by atoms with Crippen molar-refractivity contribution in [3.63, 3.8) is 0 Å². The predicted molar refractivity (Wildman–Crippen MR) is 113 cm³/mol. The van der Waals surface area contributed by atoms with Crippen LogP contribution in [-0.2, 0) is 6.42 Å². The van der Waals surface area contributed by atoms with E-state index in [2.05, 4.69) is 4.98 Å². The summed E-state index contributed by atoms with van der Waals surface area (Å²) >= 11 is 0. The molecule has 0 radical (unpaired) electrons. The molecule has 0 bridgehead atoms. The number of ketones is 1. The number of hydrogen-bond acceptors (Lipinski definition) is 4. The Morgan fingerprint density at radius 3 is 2.74 bits per heavy atom. The van der Waals surface area contributed by atoms with Crippen molar-refractivity contribution < 1.29 is 9.53 Å². The van der Waals surface area contributed by atoms with Gasteiger partial charge in [-0.05, 0) is 48.4 Å². The number of rotatable bonds is 3. The third-order valence-electron chi connectivity index (χ3n) is 4.77. The van der Waals surface area contributed by atoms with Gasteiger partial charge in [0.15, 0.2) is 5.78 Å². The fourth-order valence-corrected chi connectivity index (χ4v) is 3.56. The number of carbonyl (C=O) groups is 1. The van der Waals surface area contributed by atoms with E-state index in [4.69, 9.17) is 10.5 Å². The molecule has 0 amide bonds. The van der Waals surface area contributed by atoms with Crippen LogP contribution in [0.4, 0.5) is 0 Å². The number of aromatic nitrogens is 1. The summed E-state index contributed by atoms with van der Waals surface area (Å²) in [5, 5.41) is 1.86. The van der Waals surface area contributed by atoms with Gasteiger partial charge in [0.25, 0.3) is 0 Å². The maximum atomic E-state index is 13.3. The standard InChI is InChI=1S/C21H20N2O2.2ClH/c1-13(22)15-7-8-19(21-18(15)6-3-11-25-21)20(24)17-5-2-4-14-12-23-10-9-16(14)17;;/h2,4-5,7-10,12-13H,3,6,11,22H2,1H3;2*1H/t13-;;/m1../s1. The first-order valence-corrected chi connectivity index (χ1v) is 8.58. The van der Waals surface area contributed by atoms with Crippen LogP contribution in [0.1, 0.15) is 46.4 Å². The van der Waals surface area contributed by atoms with Gasteiger partial charge in [-0.25, -0.2) is 0 Å². The Kier molecular flexibility index (Phi) is 6.82. The van der Waals surface area contributed by atoms with E-state index in [1.807, 2.05) is 43.3 Å². The number of hydrogen-bond donors (Lipinski definition) is 1. The van der Waals surface area contributed by atoms with Crippen molar-refractivity contribution in [2.24, 2.45) is 5.73 Å². The Hall–Kier alpha value is -2.14. The molecule has 0 spiro atoms. The van der Waals surface area contributed by atoms with Crippen molar-refractivity contribution in [1.82, 2.24) is 4.98 Å². The highest BCUT2D eigenvalue weighted by atomic mass is 35.5. The third-order valence-corrected chi connectivity index (χ3v) is 4.77. The maximum absolute atomic E-state index is 13.3. The molecule has 1 atom stereocenters. The molecule has 3 aromatic rings. The minimum atomic E-state index is -0.0803. The molecule has 0 aliphatic carbocycles. The van der Waals surface area contributed by atoms with Crippen molar-refractivity contribution in [3.8, 4) is 5.75 Å². The summed E-state index contributed by atoms with van der Waals surface area (Å²) in [7, 11) is 0. The van der Waals surface area contributed by atoms with Crippen LogP contribution in [-0.4, -0.2) is 17.4 Å². The second-order valence-corrected chi connectivity index (χ2v) is 6.48. The molecule has 0 saturated heterocycles. The van der Waals surface area contributed by atoms with E-state index in [-0.39, 0.29) is 36.6 Å². The third kappa shape index (κ3) is 3.79. The van der Waals surface area contributed by atoms with Crippen LogP contribution in [0.3, 0.4) is 0 Å². The topological polar surface area (TPSA) is 65.2 Å². The molecule has 142 valence electrons. The summed E-state index contributed by atoms with van der Waals surface area (Å²) in [6.07, 6.45) is 5.33. The van der Waals surface area contributed by atoms with Crippen molar-refractivity contribution in [1.29, 1.82) is 0 Å². The van der Waals surface area contributed by atoms with Crippen molar-refractivity contribution in [2.75, 3.05) is 6.61 Å². The Balaban J connectivity index is 0.00000131. The lowest BCUT2D eigenvalue weighted by atomic mass is 9.90. The van der Waals surface area contributed by atoms with Crippen LogP contribution in [0.2, 0.25) is 0 Å². The smallest absolute Gasteiger partial charge is 0.197 e. The van der Waals surface area contributed by atoms with Crippen molar-refractivity contribution in [3.05, 3.63) is 71.0 Å². The van der Waals surface area contributed by atoms with E-state index < -0.39 is 0 Å². The zero-order valence-electron chi connectivity index (χ0n) is 15.0. The molecule has 2 aromatic carbocycles. The molecule has 0 fully saturated rings. The van der Waals surface area contributed by atoms with Crippen molar-refractivity contribution in [2.45, 2.75) is 25.8 Å². The minimum absolute atomic E-state index is 0. The van der Waals surface area contributed by atoms with Gasteiger partial charge in [-0.15, -0.1) is 24.8 Å². The second-order valence-electron chi connectivity index (χ2n) is 6.48. The van der Waals surface area contributed by atoms with Gasteiger partial charge in [0.05, 0.1) is 12.2 Å². The zero-order chi connectivity index (χ0) is 17.4. The Bertz CT molecular complexity index is 968. The summed E-state index contributed by atoms with van der Waals surface area (Å²) in [5.41, 5.74) is 9.53. The SMILES string of the molecule is C[C@@H](N)c1ccc(C(=O)c2cccc3cnccc23)c2c1CCCO2.Cl.Cl. The quantitative estimate of drug-likeness (QED) is 0.644. The van der Waals surface area contributed by atoms with Gasteiger partial charge >= 0.3 is 0 Å². The van der Waals surface area contributed by atoms with Crippen molar-refractivity contribution >= 4 is 41.4 Å². The molecule has 0 unspecified atom stereocenters. The fourth-order valence-electron chi connectivity index (χ4n) is 3.56. The molecule has 27 heavy (non-hydrogen) atoms. The van der Waals surface area contributed by atoms with Gasteiger partial charge in [0.2, 0.25) is 0 Å². The van der Waals surface area contributed by atoms with Gasteiger partial charge in [-0.1, -0.05) is 24.3 Å². The molecule has 4 rings (SSSR count). The molecular weight excluding hydrogens is 383 g/mol. The first kappa shape index (κ1) is 21.2. The van der Waals surface area contributed by atoms with Crippen LogP contribution in [0.25, 0.3) is 10.8 Å². The molecule has 1 aromatic heterocycles. The van der Waals surface area contributed by atoms with Crippen LogP contribution < -0.4 is 10.5 Å². The van der Waals surface area contributed by atoms with Crippen LogP contribution >= 0.6 is 24.8 Å². The Labute approximate surface area is 170 Å². The van der Waals surface area contributed by atoms with E-state index in [0.717, 1.165) is 34.7 Å². The molecule has 2 N–H and O–H groups in total. The number of halogens is 2. The summed E-state index contributed by atoms with van der Waals surface area (Å²) < 4.78 is 5.91. The van der Waals surface area contributed by atoms with E-state index in [0.29, 0.717) is 23.5 Å². The van der Waals surface area contributed by atoms with Gasteiger partial charge in [0, 0.05) is 29.4 Å². The Morgan fingerprint density at radius 1 is 1.15 bits per heavy atom. The lowest BCUT2D eigenvalue weighted by Crippen LogP contribution is -2.18.